The summed E-state index contributed by atoms with van der Waals surface area (Å²) in [6.07, 6.45) is 4.19. The van der Waals surface area contributed by atoms with Crippen LogP contribution in [0.5, 0.6) is 0 Å². The molecule has 0 aliphatic heterocycles. The molecule has 0 spiro atoms. The van der Waals surface area contributed by atoms with Crippen LogP contribution in [0.4, 0.5) is 0 Å². The second kappa shape index (κ2) is 8.28. The first-order valence-electron chi connectivity index (χ1n) is 9.88. The molecule has 152 valence electrons. The summed E-state index contributed by atoms with van der Waals surface area (Å²) in [7, 11) is 0. The third-order valence-corrected chi connectivity index (χ3v) is 5.10. The molecule has 30 heavy (non-hydrogen) atoms. The van der Waals surface area contributed by atoms with E-state index in [4.69, 9.17) is 0 Å². The molecule has 0 radical (unpaired) electrons. The predicted octanol–water partition coefficient (Wildman–Crippen LogP) is 2.95. The summed E-state index contributed by atoms with van der Waals surface area (Å²) in [4.78, 5) is 24.7. The number of carbonyl (C=O) groups is 1. The number of hydrogen-bond donors (Lipinski definition) is 0. The maximum Gasteiger partial charge on any atom is 0.335 e. The maximum absolute atomic E-state index is 12.7. The van der Waals surface area contributed by atoms with Gasteiger partial charge in [0.25, 0.3) is 0 Å². The van der Waals surface area contributed by atoms with Gasteiger partial charge in [0, 0.05) is 23.9 Å². The highest BCUT2D eigenvalue weighted by Gasteiger charge is 2.15. The molecule has 0 fully saturated rings. The molecule has 0 aliphatic carbocycles. The quantitative estimate of drug-likeness (QED) is 0.495. The van der Waals surface area contributed by atoms with E-state index in [0.717, 1.165) is 28.1 Å². The van der Waals surface area contributed by atoms with E-state index in [1.165, 1.54) is 4.57 Å². The van der Waals surface area contributed by atoms with Crippen LogP contribution < -0.4 is 5.69 Å². The lowest BCUT2D eigenvalue weighted by Crippen LogP contribution is -2.29. The van der Waals surface area contributed by atoms with E-state index in [1.54, 1.807) is 28.7 Å². The van der Waals surface area contributed by atoms with Gasteiger partial charge in [-0.1, -0.05) is 56.3 Å². The third kappa shape index (κ3) is 3.59. The highest BCUT2D eigenvalue weighted by atomic mass is 16.2. The number of nitrogens with zero attached hydrogens (tertiary/aromatic N) is 6. The van der Waals surface area contributed by atoms with Crippen molar-refractivity contribution in [1.29, 1.82) is 0 Å². The normalized spacial score (nSPS) is 11.0. The van der Waals surface area contributed by atoms with Crippen molar-refractivity contribution in [2.24, 2.45) is 0 Å². The highest BCUT2D eigenvalue weighted by molar-refractivity contribution is 5.78. The van der Waals surface area contributed by atoms with Gasteiger partial charge in [-0.3, -0.25) is 9.36 Å². The van der Waals surface area contributed by atoms with Crippen LogP contribution in [0.2, 0.25) is 0 Å². The molecule has 0 amide bonds. The Kier molecular flexibility index (Phi) is 5.38. The fourth-order valence-corrected chi connectivity index (χ4v) is 3.49. The number of rotatable bonds is 6. The van der Waals surface area contributed by atoms with Crippen molar-refractivity contribution in [3.63, 3.8) is 0 Å². The number of benzene rings is 2. The van der Waals surface area contributed by atoms with Crippen molar-refractivity contribution in [3.05, 3.63) is 82.8 Å². The Hall–Kier alpha value is -3.81. The van der Waals surface area contributed by atoms with Gasteiger partial charge in [0.2, 0.25) is 5.91 Å². The minimum atomic E-state index is -0.285. The summed E-state index contributed by atoms with van der Waals surface area (Å²) in [6, 6.07) is 15.9. The van der Waals surface area contributed by atoms with E-state index >= 15 is 0 Å². The fourth-order valence-electron chi connectivity index (χ4n) is 3.49. The van der Waals surface area contributed by atoms with Crippen LogP contribution in [0.25, 0.3) is 16.8 Å². The molecule has 4 rings (SSSR count). The molecule has 0 aliphatic rings. The summed E-state index contributed by atoms with van der Waals surface area (Å²) in [6.45, 7) is 4.15. The average molecular weight is 402 g/mol. The van der Waals surface area contributed by atoms with E-state index in [2.05, 4.69) is 15.5 Å². The molecule has 2 aromatic heterocycles. The van der Waals surface area contributed by atoms with E-state index in [1.807, 2.05) is 55.5 Å². The van der Waals surface area contributed by atoms with Crippen LogP contribution >= 0.6 is 0 Å². The number of carbonyl (C=O) groups excluding carboxylic acids is 1. The van der Waals surface area contributed by atoms with Gasteiger partial charge in [0.05, 0.1) is 12.2 Å². The van der Waals surface area contributed by atoms with Crippen molar-refractivity contribution in [1.82, 2.24) is 29.3 Å². The minimum Gasteiger partial charge on any atom is -0.292 e. The van der Waals surface area contributed by atoms with E-state index in [-0.39, 0.29) is 11.6 Å². The first-order valence-corrected chi connectivity index (χ1v) is 9.88. The molecule has 0 saturated heterocycles. The van der Waals surface area contributed by atoms with E-state index in [0.29, 0.717) is 19.4 Å². The van der Waals surface area contributed by atoms with E-state index < -0.39 is 0 Å². The molecule has 0 bridgehead atoms. The summed E-state index contributed by atoms with van der Waals surface area (Å²) in [5.74, 6) is -0.192. The Labute approximate surface area is 173 Å². The van der Waals surface area contributed by atoms with Gasteiger partial charge in [-0.2, -0.15) is 4.68 Å². The Morgan fingerprint density at radius 2 is 1.80 bits per heavy atom. The number of aromatic nitrogens is 6. The SMILES string of the molecule is CCC(=O)n1cc(CC)n(Cc2ccc(-c3ccccc3-n3cnnn3)cc2)c1=O. The second-order valence-corrected chi connectivity index (χ2v) is 6.93. The summed E-state index contributed by atoms with van der Waals surface area (Å²) >= 11 is 0. The predicted molar refractivity (Wildman–Crippen MR) is 113 cm³/mol. The molecular weight excluding hydrogens is 380 g/mol. The molecule has 2 heterocycles. The van der Waals surface area contributed by atoms with Crippen LogP contribution in [-0.4, -0.2) is 35.2 Å². The highest BCUT2D eigenvalue weighted by Crippen LogP contribution is 2.26. The largest absolute Gasteiger partial charge is 0.335 e. The summed E-state index contributed by atoms with van der Waals surface area (Å²) in [5.41, 5.74) is 4.45. The lowest BCUT2D eigenvalue weighted by Gasteiger charge is -2.10. The Morgan fingerprint density at radius 3 is 2.47 bits per heavy atom. The zero-order valence-electron chi connectivity index (χ0n) is 16.9. The number of para-hydroxylation sites is 1. The van der Waals surface area contributed by atoms with Gasteiger partial charge in [-0.15, -0.1) is 5.10 Å². The van der Waals surface area contributed by atoms with Crippen molar-refractivity contribution >= 4 is 5.91 Å². The van der Waals surface area contributed by atoms with Crippen molar-refractivity contribution in [2.45, 2.75) is 33.2 Å². The van der Waals surface area contributed by atoms with Crippen molar-refractivity contribution in [2.75, 3.05) is 0 Å². The zero-order chi connectivity index (χ0) is 21.1. The Bertz CT molecular complexity index is 1220. The standard InChI is InChI=1S/C22H22N6O2/c1-3-18-14-27(21(29)4-2)22(30)26(18)13-16-9-11-17(12-10-16)19-7-5-6-8-20(19)28-15-23-24-25-28/h5-12,14-15H,3-4,13H2,1-2H3. The zero-order valence-corrected chi connectivity index (χ0v) is 16.9. The first kappa shape index (κ1) is 19.5. The van der Waals surface area contributed by atoms with Crippen LogP contribution in [0.15, 0.2) is 65.8 Å². The first-order chi connectivity index (χ1) is 14.6. The number of hydrogen-bond acceptors (Lipinski definition) is 5. The molecule has 4 aromatic rings. The maximum atomic E-state index is 12.7. The Morgan fingerprint density at radius 1 is 1.03 bits per heavy atom. The monoisotopic (exact) mass is 402 g/mol. The molecular formula is C22H22N6O2. The van der Waals surface area contributed by atoms with Gasteiger partial charge in [0.15, 0.2) is 0 Å². The number of aryl methyl sites for hydroxylation is 1. The molecule has 8 nitrogen and oxygen atoms in total. The van der Waals surface area contributed by atoms with E-state index in [9.17, 15) is 9.59 Å². The third-order valence-electron chi connectivity index (χ3n) is 5.10. The smallest absolute Gasteiger partial charge is 0.292 e. The number of imidazole rings is 1. The number of tetrazole rings is 1. The van der Waals surface area contributed by atoms with Crippen molar-refractivity contribution in [3.8, 4) is 16.8 Å². The van der Waals surface area contributed by atoms with Gasteiger partial charge in [0.1, 0.15) is 6.33 Å². The molecule has 0 atom stereocenters. The average Bonchev–Trinajstić information content (AvgIpc) is 3.43. The fraction of sp³-hybridized carbons (Fsp3) is 0.227. The second-order valence-electron chi connectivity index (χ2n) is 6.93. The minimum absolute atomic E-state index is 0.192. The molecule has 0 unspecified atom stereocenters. The van der Waals surface area contributed by atoms with Gasteiger partial charge < -0.3 is 0 Å². The summed E-state index contributed by atoms with van der Waals surface area (Å²) < 4.78 is 4.51. The summed E-state index contributed by atoms with van der Waals surface area (Å²) in [5, 5.41) is 11.4. The molecule has 0 saturated carbocycles. The van der Waals surface area contributed by atoms with Gasteiger partial charge in [-0.25, -0.2) is 9.36 Å². The van der Waals surface area contributed by atoms with Gasteiger partial charge >= 0.3 is 5.69 Å². The lowest BCUT2D eigenvalue weighted by molar-refractivity contribution is 0.0904. The lowest BCUT2D eigenvalue weighted by atomic mass is 10.0. The van der Waals surface area contributed by atoms with Gasteiger partial charge in [-0.05, 0) is 34.0 Å². The van der Waals surface area contributed by atoms with Crippen LogP contribution in [0.1, 0.15) is 36.3 Å². The van der Waals surface area contributed by atoms with Crippen LogP contribution in [-0.2, 0) is 13.0 Å². The van der Waals surface area contributed by atoms with Crippen molar-refractivity contribution < 1.29 is 4.79 Å². The molecule has 0 N–H and O–H groups in total. The Balaban J connectivity index is 1.65. The van der Waals surface area contributed by atoms with Crippen LogP contribution in [0, 0.1) is 0 Å². The molecule has 8 heteroatoms. The molecule has 2 aromatic carbocycles. The topological polar surface area (TPSA) is 87.6 Å². The van der Waals surface area contributed by atoms with Crippen LogP contribution in [0.3, 0.4) is 0 Å².